The van der Waals surface area contributed by atoms with Crippen LogP contribution in [0.5, 0.6) is 0 Å². The van der Waals surface area contributed by atoms with E-state index >= 15 is 0 Å². The number of alkyl halides is 1. The van der Waals surface area contributed by atoms with Crippen molar-refractivity contribution in [2.75, 3.05) is 32.2 Å². The number of halogens is 1. The summed E-state index contributed by atoms with van der Waals surface area (Å²) < 4.78 is 5.26. The third-order valence-electron chi connectivity index (χ3n) is 2.60. The summed E-state index contributed by atoms with van der Waals surface area (Å²) in [7, 11) is 0. The van der Waals surface area contributed by atoms with Gasteiger partial charge >= 0.3 is 0 Å². The minimum absolute atomic E-state index is 0.595. The number of ether oxygens (including phenoxy) is 1. The number of hydrogen-bond acceptors (Lipinski definition) is 2. The first-order chi connectivity index (χ1) is 7.91. The van der Waals surface area contributed by atoms with Crippen molar-refractivity contribution < 1.29 is 4.74 Å². The van der Waals surface area contributed by atoms with Crippen molar-refractivity contribution in [1.29, 1.82) is 0 Å². The van der Waals surface area contributed by atoms with Crippen LogP contribution in [0, 0.1) is 0 Å². The summed E-state index contributed by atoms with van der Waals surface area (Å²) >= 11 is 5.49. The van der Waals surface area contributed by atoms with Gasteiger partial charge in [0, 0.05) is 12.4 Å². The normalized spacial score (nSPS) is 10.9. The Hall–Kier alpha value is 0.210. The van der Waals surface area contributed by atoms with Crippen LogP contribution >= 0.6 is 11.6 Å². The van der Waals surface area contributed by atoms with Gasteiger partial charge in [-0.2, -0.15) is 0 Å². The van der Waals surface area contributed by atoms with Gasteiger partial charge in [-0.1, -0.05) is 45.4 Å². The largest absolute Gasteiger partial charge is 0.379 e. The van der Waals surface area contributed by atoms with E-state index in [9.17, 15) is 0 Å². The van der Waals surface area contributed by atoms with Gasteiger partial charge in [0.05, 0.1) is 13.2 Å². The second-order valence-electron chi connectivity index (χ2n) is 4.17. The first-order valence-electron chi connectivity index (χ1n) is 6.76. The molecule has 0 spiro atoms. The fraction of sp³-hybridized carbons (Fsp3) is 1.00. The maximum Gasteiger partial charge on any atom is 0.0602 e. The number of rotatable bonds is 13. The van der Waals surface area contributed by atoms with Gasteiger partial charge in [-0.15, -0.1) is 11.6 Å². The SMILES string of the molecule is CCCCCCCCCNCCOCCCl. The Morgan fingerprint density at radius 2 is 1.56 bits per heavy atom. The maximum absolute atomic E-state index is 5.49. The molecule has 0 unspecified atom stereocenters. The van der Waals surface area contributed by atoms with Crippen LogP contribution in [0.3, 0.4) is 0 Å². The van der Waals surface area contributed by atoms with Crippen LogP contribution in [-0.2, 0) is 4.74 Å². The monoisotopic (exact) mass is 249 g/mol. The van der Waals surface area contributed by atoms with Crippen LogP contribution in [0.15, 0.2) is 0 Å². The van der Waals surface area contributed by atoms with Crippen molar-refractivity contribution in [2.24, 2.45) is 0 Å². The second-order valence-corrected chi connectivity index (χ2v) is 4.55. The molecule has 0 aliphatic rings. The molecule has 0 aliphatic heterocycles. The molecule has 0 amide bonds. The molecular weight excluding hydrogens is 222 g/mol. The Labute approximate surface area is 106 Å². The average molecular weight is 250 g/mol. The highest BCUT2D eigenvalue weighted by atomic mass is 35.5. The zero-order valence-corrected chi connectivity index (χ0v) is 11.5. The Morgan fingerprint density at radius 1 is 0.875 bits per heavy atom. The molecule has 16 heavy (non-hydrogen) atoms. The van der Waals surface area contributed by atoms with Gasteiger partial charge in [0.1, 0.15) is 0 Å². The van der Waals surface area contributed by atoms with E-state index < -0.39 is 0 Å². The molecule has 0 aliphatic carbocycles. The van der Waals surface area contributed by atoms with Crippen LogP contribution in [-0.4, -0.2) is 32.2 Å². The van der Waals surface area contributed by atoms with Gasteiger partial charge in [-0.25, -0.2) is 0 Å². The van der Waals surface area contributed by atoms with E-state index in [1.54, 1.807) is 0 Å². The summed E-state index contributed by atoms with van der Waals surface area (Å²) in [5, 5.41) is 3.38. The van der Waals surface area contributed by atoms with Gasteiger partial charge < -0.3 is 10.1 Å². The molecule has 0 saturated carbocycles. The van der Waals surface area contributed by atoms with E-state index in [0.717, 1.165) is 19.7 Å². The first-order valence-corrected chi connectivity index (χ1v) is 7.29. The fourth-order valence-corrected chi connectivity index (χ4v) is 1.74. The lowest BCUT2D eigenvalue weighted by Crippen LogP contribution is -2.21. The molecule has 1 N–H and O–H groups in total. The lowest BCUT2D eigenvalue weighted by atomic mass is 10.1. The van der Waals surface area contributed by atoms with E-state index in [4.69, 9.17) is 16.3 Å². The van der Waals surface area contributed by atoms with Crippen molar-refractivity contribution in [3.05, 3.63) is 0 Å². The van der Waals surface area contributed by atoms with Gasteiger partial charge in [-0.05, 0) is 13.0 Å². The van der Waals surface area contributed by atoms with Crippen molar-refractivity contribution >= 4 is 11.6 Å². The minimum Gasteiger partial charge on any atom is -0.379 e. The molecular formula is C13H28ClNO. The Bertz CT molecular complexity index is 109. The molecule has 0 aromatic rings. The predicted octanol–water partition coefficient (Wildman–Crippen LogP) is 3.58. The molecule has 0 rings (SSSR count). The number of unbranched alkanes of at least 4 members (excludes halogenated alkanes) is 6. The van der Waals surface area contributed by atoms with Gasteiger partial charge in [-0.3, -0.25) is 0 Å². The lowest BCUT2D eigenvalue weighted by molar-refractivity contribution is 0.151. The third kappa shape index (κ3) is 14.2. The molecule has 0 bridgehead atoms. The average Bonchev–Trinajstić information content (AvgIpc) is 2.31. The summed E-state index contributed by atoms with van der Waals surface area (Å²) in [6.45, 7) is 5.78. The molecule has 0 saturated heterocycles. The highest BCUT2D eigenvalue weighted by Gasteiger charge is 1.91. The first kappa shape index (κ1) is 16.2. The lowest BCUT2D eigenvalue weighted by Gasteiger charge is -2.05. The van der Waals surface area contributed by atoms with E-state index in [-0.39, 0.29) is 0 Å². The summed E-state index contributed by atoms with van der Waals surface area (Å²) in [6.07, 6.45) is 9.61. The van der Waals surface area contributed by atoms with E-state index in [0.29, 0.717) is 12.5 Å². The number of nitrogens with one attached hydrogen (secondary N) is 1. The van der Waals surface area contributed by atoms with E-state index in [2.05, 4.69) is 12.2 Å². The van der Waals surface area contributed by atoms with E-state index in [1.807, 2.05) is 0 Å². The molecule has 3 heteroatoms. The van der Waals surface area contributed by atoms with Crippen LogP contribution in [0.4, 0.5) is 0 Å². The summed E-state index contributed by atoms with van der Waals surface area (Å²) in [5.74, 6) is 0.595. The van der Waals surface area contributed by atoms with Crippen molar-refractivity contribution in [3.8, 4) is 0 Å². The molecule has 0 fully saturated rings. The van der Waals surface area contributed by atoms with Crippen molar-refractivity contribution in [3.63, 3.8) is 0 Å². The maximum atomic E-state index is 5.49. The van der Waals surface area contributed by atoms with Crippen LogP contribution in [0.2, 0.25) is 0 Å². The Kier molecular flexibility index (Phi) is 15.4. The molecule has 0 radical (unpaired) electrons. The third-order valence-corrected chi connectivity index (χ3v) is 2.76. The Balaban J connectivity index is 2.83. The Morgan fingerprint density at radius 3 is 2.25 bits per heavy atom. The van der Waals surface area contributed by atoms with Gasteiger partial charge in [0.25, 0.3) is 0 Å². The minimum atomic E-state index is 0.595. The summed E-state index contributed by atoms with van der Waals surface area (Å²) in [4.78, 5) is 0. The van der Waals surface area contributed by atoms with Crippen molar-refractivity contribution in [1.82, 2.24) is 5.32 Å². The standard InChI is InChI=1S/C13H28ClNO/c1-2-3-4-5-6-7-8-10-15-11-13-16-12-9-14/h15H,2-13H2,1H3. The zero-order chi connectivity index (χ0) is 11.9. The van der Waals surface area contributed by atoms with Gasteiger partial charge in [0.15, 0.2) is 0 Å². The molecule has 0 atom stereocenters. The molecule has 0 aromatic carbocycles. The second kappa shape index (κ2) is 15.2. The number of hydrogen-bond donors (Lipinski definition) is 1. The molecule has 2 nitrogen and oxygen atoms in total. The predicted molar refractivity (Wildman–Crippen MR) is 72.4 cm³/mol. The molecule has 98 valence electrons. The van der Waals surface area contributed by atoms with Crippen LogP contribution in [0.25, 0.3) is 0 Å². The van der Waals surface area contributed by atoms with Crippen molar-refractivity contribution in [2.45, 2.75) is 51.9 Å². The smallest absolute Gasteiger partial charge is 0.0602 e. The zero-order valence-electron chi connectivity index (χ0n) is 10.8. The van der Waals surface area contributed by atoms with E-state index in [1.165, 1.54) is 44.9 Å². The summed E-state index contributed by atoms with van der Waals surface area (Å²) in [5.41, 5.74) is 0. The topological polar surface area (TPSA) is 21.3 Å². The van der Waals surface area contributed by atoms with Gasteiger partial charge in [0.2, 0.25) is 0 Å². The summed E-state index contributed by atoms with van der Waals surface area (Å²) in [6, 6.07) is 0. The highest BCUT2D eigenvalue weighted by molar-refractivity contribution is 6.17. The highest BCUT2D eigenvalue weighted by Crippen LogP contribution is 2.06. The molecule has 0 heterocycles. The van der Waals surface area contributed by atoms with Crippen LogP contribution < -0.4 is 5.32 Å². The molecule has 0 aromatic heterocycles. The van der Waals surface area contributed by atoms with Crippen LogP contribution in [0.1, 0.15) is 51.9 Å². The quantitative estimate of drug-likeness (QED) is 0.398. The fourth-order valence-electron chi connectivity index (χ4n) is 1.63.